The highest BCUT2D eigenvalue weighted by Crippen LogP contribution is 2.20. The Hall–Kier alpha value is -1.08. The summed E-state index contributed by atoms with van der Waals surface area (Å²) in [7, 11) is 0. The molecule has 1 amide bonds. The number of hydrogen-bond donors (Lipinski definition) is 2. The van der Waals surface area contributed by atoms with Gasteiger partial charge >= 0.3 is 0 Å². The van der Waals surface area contributed by atoms with Gasteiger partial charge in [0.2, 0.25) is 5.91 Å². The van der Waals surface area contributed by atoms with Crippen molar-refractivity contribution in [2.24, 2.45) is 5.41 Å². The van der Waals surface area contributed by atoms with Crippen LogP contribution in [-0.2, 0) is 4.79 Å². The molecule has 16 heavy (non-hydrogen) atoms. The van der Waals surface area contributed by atoms with Crippen LogP contribution < -0.4 is 10.6 Å². The highest BCUT2D eigenvalue weighted by molar-refractivity contribution is 5.77. The molecule has 0 aromatic heterocycles. The molecule has 0 bridgehead atoms. The van der Waals surface area contributed by atoms with E-state index >= 15 is 0 Å². The number of rotatable bonds is 8. The van der Waals surface area contributed by atoms with Crippen molar-refractivity contribution in [2.75, 3.05) is 19.6 Å². The maximum Gasteiger partial charge on any atom is 0.233 e. The van der Waals surface area contributed by atoms with Crippen LogP contribution >= 0.6 is 0 Å². The molecule has 0 spiro atoms. The molecule has 92 valence electrons. The number of carbonyl (C=O) groups is 1. The van der Waals surface area contributed by atoms with Crippen molar-refractivity contribution in [3.63, 3.8) is 0 Å². The van der Waals surface area contributed by atoms with Gasteiger partial charge < -0.3 is 10.6 Å². The predicted molar refractivity (Wildman–Crippen MR) is 64.8 cm³/mol. The first-order chi connectivity index (χ1) is 7.52. The molecule has 0 unspecified atom stereocenters. The highest BCUT2D eigenvalue weighted by Gasteiger charge is 2.17. The van der Waals surface area contributed by atoms with Crippen LogP contribution in [0.4, 0.5) is 0 Å². The van der Waals surface area contributed by atoms with Crippen LogP contribution in [-0.4, -0.2) is 25.5 Å². The van der Waals surface area contributed by atoms with Crippen molar-refractivity contribution in [1.82, 2.24) is 10.6 Å². The summed E-state index contributed by atoms with van der Waals surface area (Å²) in [6, 6.07) is 2.14. The van der Waals surface area contributed by atoms with Crippen molar-refractivity contribution < 1.29 is 4.79 Å². The molecular weight excluding hydrogens is 202 g/mol. The van der Waals surface area contributed by atoms with Gasteiger partial charge in [-0.15, -0.1) is 0 Å². The van der Waals surface area contributed by atoms with E-state index in [9.17, 15) is 4.79 Å². The van der Waals surface area contributed by atoms with Crippen molar-refractivity contribution in [3.05, 3.63) is 0 Å². The van der Waals surface area contributed by atoms with Crippen molar-refractivity contribution in [2.45, 2.75) is 40.0 Å². The zero-order chi connectivity index (χ0) is 12.4. The van der Waals surface area contributed by atoms with Gasteiger partial charge in [-0.25, -0.2) is 0 Å². The lowest BCUT2D eigenvalue weighted by Crippen LogP contribution is -2.38. The highest BCUT2D eigenvalue weighted by atomic mass is 16.1. The first-order valence-corrected chi connectivity index (χ1v) is 5.86. The topological polar surface area (TPSA) is 64.9 Å². The van der Waals surface area contributed by atoms with Crippen LogP contribution in [0.5, 0.6) is 0 Å². The number of hydrogen-bond acceptors (Lipinski definition) is 3. The Morgan fingerprint density at radius 3 is 2.69 bits per heavy atom. The zero-order valence-corrected chi connectivity index (χ0v) is 10.6. The van der Waals surface area contributed by atoms with Crippen molar-refractivity contribution in [3.8, 4) is 6.07 Å². The van der Waals surface area contributed by atoms with Crippen molar-refractivity contribution in [1.29, 1.82) is 5.26 Å². The lowest BCUT2D eigenvalue weighted by molar-refractivity contribution is -0.120. The minimum absolute atomic E-state index is 0.0398. The largest absolute Gasteiger partial charge is 0.355 e. The summed E-state index contributed by atoms with van der Waals surface area (Å²) >= 11 is 0. The van der Waals surface area contributed by atoms with E-state index in [1.165, 1.54) is 0 Å². The second-order valence-electron chi connectivity index (χ2n) is 4.78. The lowest BCUT2D eigenvalue weighted by atomic mass is 9.88. The molecule has 4 nitrogen and oxygen atoms in total. The first kappa shape index (κ1) is 14.9. The van der Waals surface area contributed by atoms with E-state index in [1.807, 2.05) is 6.92 Å². The minimum Gasteiger partial charge on any atom is -0.355 e. The van der Waals surface area contributed by atoms with Gasteiger partial charge in [0.1, 0.15) is 0 Å². The fourth-order valence-electron chi connectivity index (χ4n) is 1.32. The molecule has 0 rings (SSSR count). The van der Waals surface area contributed by atoms with E-state index in [-0.39, 0.29) is 11.3 Å². The molecule has 2 N–H and O–H groups in total. The van der Waals surface area contributed by atoms with E-state index in [4.69, 9.17) is 5.26 Å². The Kier molecular flexibility index (Phi) is 7.57. The number of amides is 1. The number of carbonyl (C=O) groups excluding carboxylic acids is 1. The van der Waals surface area contributed by atoms with Crippen LogP contribution in [0, 0.1) is 16.7 Å². The monoisotopic (exact) mass is 225 g/mol. The fourth-order valence-corrected chi connectivity index (χ4v) is 1.32. The molecule has 0 radical (unpaired) electrons. The van der Waals surface area contributed by atoms with E-state index in [1.54, 1.807) is 0 Å². The van der Waals surface area contributed by atoms with Crippen LogP contribution in [0.15, 0.2) is 0 Å². The molecular formula is C12H23N3O. The van der Waals surface area contributed by atoms with Crippen LogP contribution in [0.3, 0.4) is 0 Å². The standard InChI is InChI=1S/C12H23N3O/c1-4-8-15-11(16)9-14-10-12(2,3)6-5-7-13/h14H,4-6,8-10H2,1-3H3,(H,15,16). The molecule has 0 aliphatic heterocycles. The summed E-state index contributed by atoms with van der Waals surface area (Å²) in [6.45, 7) is 8.07. The Labute approximate surface area is 98.4 Å². The summed E-state index contributed by atoms with van der Waals surface area (Å²) in [5.41, 5.74) is 0.0702. The van der Waals surface area contributed by atoms with Gasteiger partial charge in [0.15, 0.2) is 0 Å². The Bertz CT molecular complexity index is 243. The molecule has 0 atom stereocenters. The summed E-state index contributed by atoms with van der Waals surface area (Å²) < 4.78 is 0. The van der Waals surface area contributed by atoms with Crippen LogP contribution in [0.1, 0.15) is 40.0 Å². The van der Waals surface area contributed by atoms with Crippen molar-refractivity contribution >= 4 is 5.91 Å². The maximum absolute atomic E-state index is 11.3. The second-order valence-corrected chi connectivity index (χ2v) is 4.78. The van der Waals surface area contributed by atoms with E-state index < -0.39 is 0 Å². The van der Waals surface area contributed by atoms with Gasteiger partial charge in [0.25, 0.3) is 0 Å². The van der Waals surface area contributed by atoms with E-state index in [0.717, 1.165) is 25.9 Å². The van der Waals surface area contributed by atoms with Gasteiger partial charge in [0, 0.05) is 19.5 Å². The minimum atomic E-state index is 0.0398. The van der Waals surface area contributed by atoms with Crippen LogP contribution in [0.25, 0.3) is 0 Å². The van der Waals surface area contributed by atoms with Gasteiger partial charge in [0.05, 0.1) is 12.6 Å². The number of nitrogens with zero attached hydrogens (tertiary/aromatic N) is 1. The average Bonchev–Trinajstić information content (AvgIpc) is 2.23. The summed E-state index contributed by atoms with van der Waals surface area (Å²) in [6.07, 6.45) is 2.38. The maximum atomic E-state index is 11.3. The predicted octanol–water partition coefficient (Wildman–Crippen LogP) is 1.43. The molecule has 0 aliphatic carbocycles. The Morgan fingerprint density at radius 2 is 2.12 bits per heavy atom. The smallest absolute Gasteiger partial charge is 0.233 e. The number of nitrogens with one attached hydrogen (secondary N) is 2. The van der Waals surface area contributed by atoms with Gasteiger partial charge in [-0.2, -0.15) is 5.26 Å². The third kappa shape index (κ3) is 8.25. The Balaban J connectivity index is 3.64. The molecule has 0 saturated heterocycles. The SMILES string of the molecule is CCCNC(=O)CNCC(C)(C)CCC#N. The molecule has 0 fully saturated rings. The van der Waals surface area contributed by atoms with Gasteiger partial charge in [-0.1, -0.05) is 20.8 Å². The van der Waals surface area contributed by atoms with Crippen LogP contribution in [0.2, 0.25) is 0 Å². The fraction of sp³-hybridized carbons (Fsp3) is 0.833. The van der Waals surface area contributed by atoms with Gasteiger partial charge in [-0.3, -0.25) is 4.79 Å². The second kappa shape index (κ2) is 8.12. The molecule has 0 aromatic rings. The average molecular weight is 225 g/mol. The lowest BCUT2D eigenvalue weighted by Gasteiger charge is -2.23. The molecule has 0 heterocycles. The third-order valence-electron chi connectivity index (χ3n) is 2.37. The van der Waals surface area contributed by atoms with Gasteiger partial charge in [-0.05, 0) is 18.3 Å². The summed E-state index contributed by atoms with van der Waals surface area (Å²) in [4.78, 5) is 11.3. The molecule has 0 aromatic carbocycles. The quantitative estimate of drug-likeness (QED) is 0.657. The van der Waals surface area contributed by atoms with E-state index in [2.05, 4.69) is 30.6 Å². The molecule has 0 aliphatic rings. The normalized spacial score (nSPS) is 10.9. The molecule has 0 saturated carbocycles. The first-order valence-electron chi connectivity index (χ1n) is 5.86. The zero-order valence-electron chi connectivity index (χ0n) is 10.6. The third-order valence-corrected chi connectivity index (χ3v) is 2.37. The summed E-state index contributed by atoms with van der Waals surface area (Å²) in [5, 5.41) is 14.4. The van der Waals surface area contributed by atoms with E-state index in [0.29, 0.717) is 13.0 Å². The molecule has 4 heteroatoms. The number of nitriles is 1. The summed E-state index contributed by atoms with van der Waals surface area (Å²) in [5.74, 6) is 0.0398. The Morgan fingerprint density at radius 1 is 1.44 bits per heavy atom.